The van der Waals surface area contributed by atoms with Crippen LogP contribution in [-0.4, -0.2) is 39.0 Å². The van der Waals surface area contributed by atoms with Crippen LogP contribution in [-0.2, 0) is 16.1 Å². The predicted molar refractivity (Wildman–Crippen MR) is 137 cm³/mol. The van der Waals surface area contributed by atoms with Crippen LogP contribution in [0.5, 0.6) is 0 Å². The molecule has 2 aliphatic rings. The average molecular weight is 576 g/mol. The fourth-order valence-electron chi connectivity index (χ4n) is 6.24. The molecular formula is C26H28Br2N2O3. The van der Waals surface area contributed by atoms with E-state index in [1.165, 1.54) is 4.90 Å². The number of β-amino-alcohol motifs (C(OH)–C–C–N with tert-alkyl or cyclic N) is 1. The highest BCUT2D eigenvalue weighted by molar-refractivity contribution is 9.10. The molecule has 0 radical (unpaired) electrons. The van der Waals surface area contributed by atoms with Gasteiger partial charge in [0.25, 0.3) is 0 Å². The number of hydrogen-bond acceptors (Lipinski definition) is 3. The van der Waals surface area contributed by atoms with Crippen LogP contribution in [0, 0.1) is 22.7 Å². The smallest absolute Gasteiger partial charge is 0.236 e. The van der Waals surface area contributed by atoms with Crippen LogP contribution in [0.15, 0.2) is 45.3 Å². The Labute approximate surface area is 210 Å². The molecule has 1 aromatic heterocycles. The monoisotopic (exact) mass is 574 g/mol. The van der Waals surface area contributed by atoms with Crippen molar-refractivity contribution >= 4 is 65.5 Å². The van der Waals surface area contributed by atoms with Crippen molar-refractivity contribution in [2.75, 3.05) is 6.54 Å². The fourth-order valence-corrected chi connectivity index (χ4v) is 6.96. The first kappa shape index (κ1) is 23.1. The minimum Gasteiger partial charge on any atom is -0.389 e. The number of imide groups is 1. The molecule has 1 N–H and O–H groups in total. The van der Waals surface area contributed by atoms with E-state index >= 15 is 0 Å². The minimum atomic E-state index is -0.872. The number of halogens is 2. The van der Waals surface area contributed by atoms with Crippen molar-refractivity contribution in [2.24, 2.45) is 22.7 Å². The molecule has 2 heterocycles. The summed E-state index contributed by atoms with van der Waals surface area (Å²) in [6.07, 6.45) is -0.152. The van der Waals surface area contributed by atoms with E-state index < -0.39 is 11.5 Å². The number of carbonyl (C=O) groups excluding carboxylic acids is 2. The number of amides is 2. The van der Waals surface area contributed by atoms with E-state index in [1.807, 2.05) is 45.0 Å². The first-order valence-corrected chi connectivity index (χ1v) is 13.0. The Morgan fingerprint density at radius 3 is 2.09 bits per heavy atom. The van der Waals surface area contributed by atoms with E-state index in [2.05, 4.69) is 55.5 Å². The number of likely N-dealkylation sites (tertiary alicyclic amines) is 1. The van der Waals surface area contributed by atoms with Crippen molar-refractivity contribution in [3.8, 4) is 0 Å². The largest absolute Gasteiger partial charge is 0.389 e. The van der Waals surface area contributed by atoms with E-state index in [1.54, 1.807) is 0 Å². The fraction of sp³-hybridized carbons (Fsp3) is 0.462. The maximum Gasteiger partial charge on any atom is 0.236 e. The molecule has 1 saturated heterocycles. The number of aliphatic hydroxyl groups excluding tert-OH is 1. The summed E-state index contributed by atoms with van der Waals surface area (Å²) in [5.74, 6) is -0.343. The van der Waals surface area contributed by atoms with Gasteiger partial charge in [-0.15, -0.1) is 0 Å². The number of carbonyl (C=O) groups is 2. The molecule has 1 aliphatic heterocycles. The van der Waals surface area contributed by atoms with Gasteiger partial charge < -0.3 is 9.67 Å². The lowest BCUT2D eigenvalue weighted by molar-refractivity contribution is -0.171. The molecule has 5 nitrogen and oxygen atoms in total. The van der Waals surface area contributed by atoms with Crippen LogP contribution in [0.3, 0.4) is 0 Å². The van der Waals surface area contributed by atoms with Crippen LogP contribution in [0.1, 0.15) is 34.1 Å². The molecular weight excluding hydrogens is 548 g/mol. The van der Waals surface area contributed by atoms with Crippen molar-refractivity contribution in [1.29, 1.82) is 0 Å². The van der Waals surface area contributed by atoms with Gasteiger partial charge in [-0.2, -0.15) is 0 Å². The Kier molecular flexibility index (Phi) is 5.35. The molecule has 174 valence electrons. The van der Waals surface area contributed by atoms with Gasteiger partial charge >= 0.3 is 0 Å². The van der Waals surface area contributed by atoms with E-state index in [0.29, 0.717) is 6.54 Å². The number of nitrogens with zero attached hydrogens (tertiary/aromatic N) is 2. The summed E-state index contributed by atoms with van der Waals surface area (Å²) in [5, 5.41) is 13.3. The van der Waals surface area contributed by atoms with Gasteiger partial charge in [0.05, 0.1) is 24.6 Å². The molecule has 2 bridgehead atoms. The Balaban J connectivity index is 1.48. The zero-order valence-electron chi connectivity index (χ0n) is 19.2. The molecule has 2 amide bonds. The summed E-state index contributed by atoms with van der Waals surface area (Å²) in [7, 11) is 0. The summed E-state index contributed by atoms with van der Waals surface area (Å²) < 4.78 is 4.05. The number of benzene rings is 2. The Morgan fingerprint density at radius 2 is 1.55 bits per heavy atom. The second-order valence-electron chi connectivity index (χ2n) is 10.5. The number of aliphatic hydroxyl groups is 1. The van der Waals surface area contributed by atoms with Gasteiger partial charge in [-0.25, -0.2) is 0 Å². The lowest BCUT2D eigenvalue weighted by Crippen LogP contribution is -2.61. The van der Waals surface area contributed by atoms with Gasteiger partial charge in [-0.3, -0.25) is 14.5 Å². The van der Waals surface area contributed by atoms with Gasteiger partial charge in [0.2, 0.25) is 11.8 Å². The summed E-state index contributed by atoms with van der Waals surface area (Å²) >= 11 is 7.12. The molecule has 3 aromatic rings. The van der Waals surface area contributed by atoms with E-state index in [-0.39, 0.29) is 35.6 Å². The molecule has 2 fully saturated rings. The van der Waals surface area contributed by atoms with Crippen LogP contribution < -0.4 is 0 Å². The standard InChI is InChI=1S/C26H28Br2N2O3/c1-14-9-20-23(32)30(24(33)26(14,4)25(20,2)3)13-17(31)12-29-21-7-5-15(27)10-18(21)19-11-16(28)6-8-22(19)29/h5-8,10-11,14,17,20,31H,9,12-13H2,1-4H3. The average Bonchev–Trinajstić information content (AvgIpc) is 3.11. The van der Waals surface area contributed by atoms with E-state index in [0.717, 1.165) is 37.2 Å². The van der Waals surface area contributed by atoms with Crippen LogP contribution >= 0.6 is 31.9 Å². The van der Waals surface area contributed by atoms with Crippen molar-refractivity contribution in [1.82, 2.24) is 9.47 Å². The van der Waals surface area contributed by atoms with Gasteiger partial charge in [0.1, 0.15) is 0 Å². The zero-order chi connectivity index (χ0) is 23.9. The van der Waals surface area contributed by atoms with Crippen molar-refractivity contribution in [2.45, 2.75) is 46.8 Å². The number of fused-ring (bicyclic) bond motifs is 5. The molecule has 0 spiro atoms. The highest BCUT2D eigenvalue weighted by Crippen LogP contribution is 2.62. The van der Waals surface area contributed by atoms with Crippen LogP contribution in [0.4, 0.5) is 0 Å². The quantitative estimate of drug-likeness (QED) is 0.404. The van der Waals surface area contributed by atoms with Crippen molar-refractivity contribution in [3.63, 3.8) is 0 Å². The first-order chi connectivity index (χ1) is 15.5. The number of rotatable bonds is 4. The molecule has 4 unspecified atom stereocenters. The maximum absolute atomic E-state index is 13.6. The normalized spacial score (nSPS) is 27.7. The SMILES string of the molecule is CC1CC2C(=O)N(CC(O)Cn3c4ccc(Br)cc4c4cc(Br)ccc43)C(=O)C1(C)C2(C)C. The number of aromatic nitrogens is 1. The Bertz CT molecular complexity index is 1250. The summed E-state index contributed by atoms with van der Waals surface area (Å²) in [5.41, 5.74) is 1.03. The van der Waals surface area contributed by atoms with Gasteiger partial charge in [0.15, 0.2) is 0 Å². The summed E-state index contributed by atoms with van der Waals surface area (Å²) in [6, 6.07) is 12.2. The van der Waals surface area contributed by atoms with Crippen LogP contribution in [0.25, 0.3) is 21.8 Å². The second kappa shape index (κ2) is 7.65. The summed E-state index contributed by atoms with van der Waals surface area (Å²) in [4.78, 5) is 28.2. The molecule has 1 saturated carbocycles. The Morgan fingerprint density at radius 1 is 1.00 bits per heavy atom. The number of piperidine rings is 1. The number of hydrogen-bond donors (Lipinski definition) is 1. The second-order valence-corrected chi connectivity index (χ2v) is 12.3. The van der Waals surface area contributed by atoms with Crippen LogP contribution in [0.2, 0.25) is 0 Å². The molecule has 7 heteroatoms. The van der Waals surface area contributed by atoms with Gasteiger partial charge in [-0.05, 0) is 61.1 Å². The van der Waals surface area contributed by atoms with E-state index in [9.17, 15) is 14.7 Å². The third kappa shape index (κ3) is 3.18. The highest BCUT2D eigenvalue weighted by atomic mass is 79.9. The molecule has 2 aromatic carbocycles. The topological polar surface area (TPSA) is 62.5 Å². The van der Waals surface area contributed by atoms with Gasteiger partial charge in [-0.1, -0.05) is 52.6 Å². The van der Waals surface area contributed by atoms with Crippen molar-refractivity contribution < 1.29 is 14.7 Å². The van der Waals surface area contributed by atoms with Crippen molar-refractivity contribution in [3.05, 3.63) is 45.3 Å². The molecule has 4 atom stereocenters. The first-order valence-electron chi connectivity index (χ1n) is 11.4. The Hall–Kier alpha value is -1.70. The molecule has 1 aliphatic carbocycles. The summed E-state index contributed by atoms with van der Waals surface area (Å²) in [6.45, 7) is 8.45. The lowest BCUT2D eigenvalue weighted by atomic mass is 9.60. The predicted octanol–water partition coefficient (Wildman–Crippen LogP) is 5.74. The zero-order valence-corrected chi connectivity index (χ0v) is 22.4. The third-order valence-electron chi connectivity index (χ3n) is 8.61. The maximum atomic E-state index is 13.6. The molecule has 33 heavy (non-hydrogen) atoms. The van der Waals surface area contributed by atoms with Gasteiger partial charge in [0, 0.05) is 36.7 Å². The lowest BCUT2D eigenvalue weighted by Gasteiger charge is -2.49. The van der Waals surface area contributed by atoms with E-state index in [4.69, 9.17) is 0 Å². The molecule has 5 rings (SSSR count). The minimum absolute atomic E-state index is 0.0147. The third-order valence-corrected chi connectivity index (χ3v) is 9.60. The highest BCUT2D eigenvalue weighted by Gasteiger charge is 2.67.